The lowest BCUT2D eigenvalue weighted by Crippen LogP contribution is -2.43. The van der Waals surface area contributed by atoms with E-state index in [-0.39, 0.29) is 29.8 Å². The number of hydrazine groups is 1. The monoisotopic (exact) mass is 407 g/mol. The maximum absolute atomic E-state index is 12.3. The van der Waals surface area contributed by atoms with Crippen molar-refractivity contribution < 1.29 is 9.59 Å². The standard InChI is InChI=1S/C17H18ClN5O3S/c1-21(12-9-19-22(2)17(26)16(12)18)20-14(24)7-8-23-11-5-3-4-6-13(11)27-10-15(23)25/h3-6,9H,7-8,10H2,1-2H3,(H,20,24). The number of aromatic nitrogens is 2. The molecule has 0 fully saturated rings. The van der Waals surface area contributed by atoms with Gasteiger partial charge in [-0.05, 0) is 12.1 Å². The van der Waals surface area contributed by atoms with Gasteiger partial charge in [0.1, 0.15) is 10.7 Å². The third-order valence-corrected chi connectivity index (χ3v) is 5.49. The number of para-hydroxylation sites is 1. The van der Waals surface area contributed by atoms with Crippen molar-refractivity contribution in [3.8, 4) is 0 Å². The van der Waals surface area contributed by atoms with E-state index in [0.717, 1.165) is 15.3 Å². The lowest BCUT2D eigenvalue weighted by molar-refractivity contribution is -0.121. The zero-order valence-electron chi connectivity index (χ0n) is 14.8. The van der Waals surface area contributed by atoms with Crippen molar-refractivity contribution >= 4 is 46.6 Å². The molecule has 1 aliphatic rings. The number of amides is 2. The zero-order valence-corrected chi connectivity index (χ0v) is 16.4. The fraction of sp³-hybridized carbons (Fsp3) is 0.294. The quantitative estimate of drug-likeness (QED) is 0.754. The molecule has 2 amide bonds. The second-order valence-electron chi connectivity index (χ2n) is 5.92. The van der Waals surface area contributed by atoms with Crippen LogP contribution in [0.5, 0.6) is 0 Å². The summed E-state index contributed by atoms with van der Waals surface area (Å²) in [6.07, 6.45) is 1.50. The van der Waals surface area contributed by atoms with E-state index in [9.17, 15) is 14.4 Å². The van der Waals surface area contributed by atoms with Crippen LogP contribution < -0.4 is 20.9 Å². The Hall–Kier alpha value is -2.52. The summed E-state index contributed by atoms with van der Waals surface area (Å²) in [5.41, 5.74) is 3.30. The number of rotatable bonds is 5. The molecule has 2 aromatic rings. The topological polar surface area (TPSA) is 87.5 Å². The Kier molecular flexibility index (Phi) is 5.71. The van der Waals surface area contributed by atoms with Crippen molar-refractivity contribution in [3.05, 3.63) is 45.8 Å². The van der Waals surface area contributed by atoms with E-state index in [1.807, 2.05) is 24.3 Å². The number of nitrogens with one attached hydrogen (secondary N) is 1. The predicted octanol–water partition coefficient (Wildman–Crippen LogP) is 1.43. The molecular weight excluding hydrogens is 390 g/mol. The fourth-order valence-corrected chi connectivity index (χ4v) is 3.89. The van der Waals surface area contributed by atoms with Crippen LogP contribution in [0.15, 0.2) is 40.2 Å². The first-order valence-corrected chi connectivity index (χ1v) is 9.52. The minimum absolute atomic E-state index is 0.0290. The van der Waals surface area contributed by atoms with Gasteiger partial charge >= 0.3 is 0 Å². The van der Waals surface area contributed by atoms with Crippen molar-refractivity contribution in [1.29, 1.82) is 0 Å². The molecule has 27 heavy (non-hydrogen) atoms. The van der Waals surface area contributed by atoms with E-state index < -0.39 is 5.56 Å². The van der Waals surface area contributed by atoms with Crippen LogP contribution >= 0.6 is 23.4 Å². The minimum atomic E-state index is -0.455. The molecule has 0 spiro atoms. The van der Waals surface area contributed by atoms with E-state index in [1.54, 1.807) is 11.9 Å². The highest BCUT2D eigenvalue weighted by molar-refractivity contribution is 8.00. The fourth-order valence-electron chi connectivity index (χ4n) is 2.65. The number of fused-ring (bicyclic) bond motifs is 1. The number of hydrogen-bond donors (Lipinski definition) is 1. The van der Waals surface area contributed by atoms with Gasteiger partial charge < -0.3 is 4.90 Å². The van der Waals surface area contributed by atoms with Crippen LogP contribution in [0.3, 0.4) is 0 Å². The number of halogens is 1. The summed E-state index contributed by atoms with van der Waals surface area (Å²) in [6, 6.07) is 7.61. The summed E-state index contributed by atoms with van der Waals surface area (Å²) in [7, 11) is 3.06. The van der Waals surface area contributed by atoms with Gasteiger partial charge in [0.05, 0.1) is 17.6 Å². The number of nitrogens with zero attached hydrogens (tertiary/aromatic N) is 4. The van der Waals surface area contributed by atoms with Crippen LogP contribution in [0, 0.1) is 0 Å². The Morgan fingerprint density at radius 2 is 2.11 bits per heavy atom. The first kappa shape index (κ1) is 19.2. The van der Waals surface area contributed by atoms with E-state index >= 15 is 0 Å². The van der Waals surface area contributed by atoms with Crippen LogP contribution in [0.4, 0.5) is 11.4 Å². The number of anilines is 2. The molecule has 1 aromatic carbocycles. The van der Waals surface area contributed by atoms with Gasteiger partial charge in [0.25, 0.3) is 5.56 Å². The third kappa shape index (κ3) is 4.09. The molecule has 2 heterocycles. The highest BCUT2D eigenvalue weighted by atomic mass is 35.5. The van der Waals surface area contributed by atoms with Gasteiger partial charge in [-0.2, -0.15) is 5.10 Å². The van der Waals surface area contributed by atoms with Crippen LogP contribution in [0.2, 0.25) is 5.02 Å². The van der Waals surface area contributed by atoms with Crippen LogP contribution in [-0.4, -0.2) is 40.9 Å². The van der Waals surface area contributed by atoms with Crippen LogP contribution in [0.1, 0.15) is 6.42 Å². The highest BCUT2D eigenvalue weighted by Gasteiger charge is 2.25. The second kappa shape index (κ2) is 8.01. The number of thioether (sulfide) groups is 1. The van der Waals surface area contributed by atoms with Crippen molar-refractivity contribution in [2.45, 2.75) is 11.3 Å². The Bertz CT molecular complexity index is 948. The van der Waals surface area contributed by atoms with Gasteiger partial charge in [0.2, 0.25) is 11.8 Å². The Morgan fingerprint density at radius 1 is 1.37 bits per heavy atom. The first-order chi connectivity index (χ1) is 12.9. The number of aryl methyl sites for hydroxylation is 1. The van der Waals surface area contributed by atoms with Gasteiger partial charge in [-0.1, -0.05) is 23.7 Å². The number of benzene rings is 1. The summed E-state index contributed by atoms with van der Waals surface area (Å²) in [6.45, 7) is 0.263. The molecule has 1 aliphatic heterocycles. The SMILES string of the molecule is CN(NC(=O)CCN1C(=O)CSc2ccccc21)c1cnn(C)c(=O)c1Cl. The summed E-state index contributed by atoms with van der Waals surface area (Å²) in [5, 5.41) is 5.21. The third-order valence-electron chi connectivity index (χ3n) is 4.08. The van der Waals surface area contributed by atoms with Crippen molar-refractivity contribution in [3.63, 3.8) is 0 Å². The molecule has 10 heteroatoms. The summed E-state index contributed by atoms with van der Waals surface area (Å²) < 4.78 is 1.11. The van der Waals surface area contributed by atoms with E-state index in [0.29, 0.717) is 11.4 Å². The molecule has 1 aromatic heterocycles. The molecule has 0 saturated carbocycles. The van der Waals surface area contributed by atoms with Crippen molar-refractivity contribution in [2.24, 2.45) is 7.05 Å². The van der Waals surface area contributed by atoms with Crippen LogP contribution in [0.25, 0.3) is 0 Å². The Balaban J connectivity index is 1.64. The molecule has 0 aliphatic carbocycles. The first-order valence-electron chi connectivity index (χ1n) is 8.15. The second-order valence-corrected chi connectivity index (χ2v) is 7.31. The lowest BCUT2D eigenvalue weighted by atomic mass is 10.2. The molecule has 1 N–H and O–H groups in total. The molecular formula is C17H18ClN5O3S. The van der Waals surface area contributed by atoms with Gasteiger partial charge in [-0.25, -0.2) is 4.68 Å². The largest absolute Gasteiger partial charge is 0.310 e. The Morgan fingerprint density at radius 3 is 2.89 bits per heavy atom. The van der Waals surface area contributed by atoms with Gasteiger partial charge in [0, 0.05) is 32.0 Å². The summed E-state index contributed by atoms with van der Waals surface area (Å²) in [4.78, 5) is 39.0. The van der Waals surface area contributed by atoms with Crippen molar-refractivity contribution in [2.75, 3.05) is 29.3 Å². The van der Waals surface area contributed by atoms with E-state index in [4.69, 9.17) is 11.6 Å². The molecule has 0 unspecified atom stereocenters. The molecule has 0 atom stereocenters. The van der Waals surface area contributed by atoms with Gasteiger partial charge in [0.15, 0.2) is 0 Å². The Labute approximate surface area is 165 Å². The van der Waals surface area contributed by atoms with Crippen molar-refractivity contribution in [1.82, 2.24) is 15.2 Å². The summed E-state index contributed by atoms with van der Waals surface area (Å²) >= 11 is 7.52. The maximum atomic E-state index is 12.3. The molecule has 0 bridgehead atoms. The van der Waals surface area contributed by atoms with Gasteiger partial charge in [-0.15, -0.1) is 11.8 Å². The van der Waals surface area contributed by atoms with E-state index in [1.165, 1.54) is 30.0 Å². The smallest absolute Gasteiger partial charge is 0.287 e. The van der Waals surface area contributed by atoms with Gasteiger partial charge in [-0.3, -0.25) is 24.8 Å². The molecule has 8 nitrogen and oxygen atoms in total. The van der Waals surface area contributed by atoms with E-state index in [2.05, 4.69) is 10.5 Å². The highest BCUT2D eigenvalue weighted by Crippen LogP contribution is 2.34. The van der Waals surface area contributed by atoms with Crippen LogP contribution in [-0.2, 0) is 16.6 Å². The average molecular weight is 408 g/mol. The lowest BCUT2D eigenvalue weighted by Gasteiger charge is -2.29. The maximum Gasteiger partial charge on any atom is 0.287 e. The molecule has 0 radical (unpaired) electrons. The predicted molar refractivity (Wildman–Crippen MR) is 105 cm³/mol. The molecule has 3 rings (SSSR count). The molecule has 0 saturated heterocycles. The number of carbonyl (C=O) groups is 2. The minimum Gasteiger partial charge on any atom is -0.310 e. The number of hydrogen-bond acceptors (Lipinski definition) is 6. The zero-order chi connectivity index (χ0) is 19.6. The average Bonchev–Trinajstić information content (AvgIpc) is 2.65. The normalized spacial score (nSPS) is 13.3. The molecule has 142 valence electrons. The summed E-state index contributed by atoms with van der Waals surface area (Å²) in [5.74, 6) is 0.0176. The number of carbonyl (C=O) groups excluding carboxylic acids is 2.